The largest absolute Gasteiger partial charge is 0.380 e. The minimum Gasteiger partial charge on any atom is -0.380 e. The molecule has 0 radical (unpaired) electrons. The van der Waals surface area contributed by atoms with Crippen LogP contribution in [0.25, 0.3) is 0 Å². The van der Waals surface area contributed by atoms with Crippen LogP contribution in [0.3, 0.4) is 0 Å². The Morgan fingerprint density at radius 2 is 1.86 bits per heavy atom. The van der Waals surface area contributed by atoms with Crippen LogP contribution in [0.2, 0.25) is 0 Å². The molecular formula is C18H28N2O. The highest BCUT2D eigenvalue weighted by Gasteiger charge is 2.10. The van der Waals surface area contributed by atoms with Crippen molar-refractivity contribution in [2.24, 2.45) is 0 Å². The maximum Gasteiger partial charge on any atom is 0.0591 e. The zero-order chi connectivity index (χ0) is 14.8. The molecule has 1 aliphatic rings. The average molecular weight is 288 g/mol. The van der Waals surface area contributed by atoms with Crippen molar-refractivity contribution in [1.82, 2.24) is 5.32 Å². The second kappa shape index (κ2) is 9.59. The number of anilines is 1. The van der Waals surface area contributed by atoms with E-state index in [0.717, 1.165) is 32.7 Å². The Morgan fingerprint density at radius 3 is 2.57 bits per heavy atom. The molecule has 1 aliphatic heterocycles. The van der Waals surface area contributed by atoms with E-state index < -0.39 is 0 Å². The number of hydrogen-bond acceptors (Lipinski definition) is 3. The molecule has 1 heterocycles. The van der Waals surface area contributed by atoms with Crippen LogP contribution in [0.15, 0.2) is 36.9 Å². The second-order valence-electron chi connectivity index (χ2n) is 5.58. The van der Waals surface area contributed by atoms with Crippen LogP contribution >= 0.6 is 0 Å². The van der Waals surface area contributed by atoms with Gasteiger partial charge < -0.3 is 15.0 Å². The summed E-state index contributed by atoms with van der Waals surface area (Å²) < 4.78 is 5.47. The van der Waals surface area contributed by atoms with Gasteiger partial charge in [-0.1, -0.05) is 18.2 Å². The Kier molecular flexibility index (Phi) is 7.33. The van der Waals surface area contributed by atoms with Gasteiger partial charge in [-0.05, 0) is 43.4 Å². The molecule has 0 amide bonds. The van der Waals surface area contributed by atoms with E-state index in [-0.39, 0.29) is 0 Å². The number of rotatable bonds is 9. The van der Waals surface area contributed by atoms with Crippen LogP contribution in [0.4, 0.5) is 5.69 Å². The van der Waals surface area contributed by atoms with Gasteiger partial charge in [0.1, 0.15) is 0 Å². The van der Waals surface area contributed by atoms with E-state index in [9.17, 15) is 0 Å². The normalized spacial score (nSPS) is 15.1. The zero-order valence-electron chi connectivity index (χ0n) is 13.0. The molecule has 1 aromatic carbocycles. The molecule has 21 heavy (non-hydrogen) atoms. The van der Waals surface area contributed by atoms with Crippen molar-refractivity contribution >= 4 is 5.69 Å². The molecule has 0 spiro atoms. The van der Waals surface area contributed by atoms with Crippen molar-refractivity contribution in [1.29, 1.82) is 0 Å². The number of piperidine rings is 1. The van der Waals surface area contributed by atoms with Crippen LogP contribution < -0.4 is 10.2 Å². The molecule has 0 unspecified atom stereocenters. The third-order valence-corrected chi connectivity index (χ3v) is 3.88. The maximum atomic E-state index is 5.47. The maximum absolute atomic E-state index is 5.47. The SMILES string of the molecule is C=CCCOCCNCc1ccc(N2CCCCC2)cc1. The third-order valence-electron chi connectivity index (χ3n) is 3.88. The number of hydrogen-bond donors (Lipinski definition) is 1. The van der Waals surface area contributed by atoms with E-state index >= 15 is 0 Å². The van der Waals surface area contributed by atoms with Crippen LogP contribution in [-0.2, 0) is 11.3 Å². The Bertz CT molecular complexity index is 396. The molecule has 3 nitrogen and oxygen atoms in total. The van der Waals surface area contributed by atoms with Gasteiger partial charge in [0.25, 0.3) is 0 Å². The lowest BCUT2D eigenvalue weighted by Gasteiger charge is -2.28. The van der Waals surface area contributed by atoms with E-state index in [4.69, 9.17) is 4.74 Å². The molecule has 2 rings (SSSR count). The monoisotopic (exact) mass is 288 g/mol. The predicted molar refractivity (Wildman–Crippen MR) is 89.8 cm³/mol. The smallest absolute Gasteiger partial charge is 0.0591 e. The zero-order valence-corrected chi connectivity index (χ0v) is 13.0. The van der Waals surface area contributed by atoms with Gasteiger partial charge in [0.2, 0.25) is 0 Å². The Balaban J connectivity index is 1.64. The lowest BCUT2D eigenvalue weighted by molar-refractivity contribution is 0.140. The van der Waals surface area contributed by atoms with Gasteiger partial charge in [0.05, 0.1) is 13.2 Å². The number of nitrogens with one attached hydrogen (secondary N) is 1. The van der Waals surface area contributed by atoms with Crippen LogP contribution in [0.1, 0.15) is 31.2 Å². The van der Waals surface area contributed by atoms with Crippen LogP contribution in [0, 0.1) is 0 Å². The van der Waals surface area contributed by atoms with E-state index in [0.29, 0.717) is 0 Å². The molecule has 0 saturated carbocycles. The first-order chi connectivity index (χ1) is 10.4. The quantitative estimate of drug-likeness (QED) is 0.557. The molecule has 116 valence electrons. The molecule has 0 bridgehead atoms. The molecule has 1 fully saturated rings. The first kappa shape index (κ1) is 16.1. The highest BCUT2D eigenvalue weighted by Crippen LogP contribution is 2.20. The topological polar surface area (TPSA) is 24.5 Å². The molecule has 3 heteroatoms. The van der Waals surface area contributed by atoms with Gasteiger partial charge in [-0.25, -0.2) is 0 Å². The summed E-state index contributed by atoms with van der Waals surface area (Å²) >= 11 is 0. The lowest BCUT2D eigenvalue weighted by atomic mass is 10.1. The summed E-state index contributed by atoms with van der Waals surface area (Å²) in [7, 11) is 0. The molecule has 1 N–H and O–H groups in total. The highest BCUT2D eigenvalue weighted by molar-refractivity contribution is 5.47. The van der Waals surface area contributed by atoms with Crippen molar-refractivity contribution in [3.63, 3.8) is 0 Å². The van der Waals surface area contributed by atoms with Crippen molar-refractivity contribution < 1.29 is 4.74 Å². The van der Waals surface area contributed by atoms with Crippen molar-refractivity contribution in [2.45, 2.75) is 32.2 Å². The van der Waals surface area contributed by atoms with Crippen LogP contribution in [0.5, 0.6) is 0 Å². The fourth-order valence-electron chi connectivity index (χ4n) is 2.62. The lowest BCUT2D eigenvalue weighted by Crippen LogP contribution is -2.29. The van der Waals surface area contributed by atoms with E-state index in [1.807, 2.05) is 6.08 Å². The Hall–Kier alpha value is -1.32. The fraction of sp³-hybridized carbons (Fsp3) is 0.556. The predicted octanol–water partition coefficient (Wildman–Crippen LogP) is 3.36. The average Bonchev–Trinajstić information content (AvgIpc) is 2.55. The van der Waals surface area contributed by atoms with Gasteiger partial charge in [0.15, 0.2) is 0 Å². The minimum absolute atomic E-state index is 0.764. The van der Waals surface area contributed by atoms with Crippen LogP contribution in [-0.4, -0.2) is 32.8 Å². The van der Waals surface area contributed by atoms with Gasteiger partial charge in [-0.2, -0.15) is 0 Å². The molecular weight excluding hydrogens is 260 g/mol. The highest BCUT2D eigenvalue weighted by atomic mass is 16.5. The van der Waals surface area contributed by atoms with Gasteiger partial charge in [0, 0.05) is 31.9 Å². The number of ether oxygens (including phenoxy) is 1. The van der Waals surface area contributed by atoms with Crippen molar-refractivity contribution in [2.75, 3.05) is 37.7 Å². The summed E-state index contributed by atoms with van der Waals surface area (Å²) in [5.74, 6) is 0. The summed E-state index contributed by atoms with van der Waals surface area (Å²) in [5, 5.41) is 3.41. The molecule has 0 aromatic heterocycles. The van der Waals surface area contributed by atoms with Crippen molar-refractivity contribution in [3.05, 3.63) is 42.5 Å². The van der Waals surface area contributed by atoms with E-state index in [1.165, 1.54) is 43.6 Å². The Morgan fingerprint density at radius 1 is 1.10 bits per heavy atom. The summed E-state index contributed by atoms with van der Waals surface area (Å²) in [6, 6.07) is 8.97. The summed E-state index contributed by atoms with van der Waals surface area (Å²) in [6.07, 6.45) is 6.85. The number of nitrogens with zero attached hydrogens (tertiary/aromatic N) is 1. The first-order valence-corrected chi connectivity index (χ1v) is 8.13. The third kappa shape index (κ3) is 5.90. The van der Waals surface area contributed by atoms with Gasteiger partial charge in [-0.15, -0.1) is 6.58 Å². The van der Waals surface area contributed by atoms with E-state index in [1.54, 1.807) is 0 Å². The molecule has 1 aromatic rings. The van der Waals surface area contributed by atoms with Gasteiger partial charge in [-0.3, -0.25) is 0 Å². The summed E-state index contributed by atoms with van der Waals surface area (Å²) in [5.41, 5.74) is 2.70. The molecule has 0 atom stereocenters. The molecule has 0 aliphatic carbocycles. The van der Waals surface area contributed by atoms with Crippen molar-refractivity contribution in [3.8, 4) is 0 Å². The summed E-state index contributed by atoms with van der Waals surface area (Å²) in [6.45, 7) is 9.43. The first-order valence-electron chi connectivity index (χ1n) is 8.13. The number of benzene rings is 1. The summed E-state index contributed by atoms with van der Waals surface area (Å²) in [4.78, 5) is 2.49. The van der Waals surface area contributed by atoms with Gasteiger partial charge >= 0.3 is 0 Å². The fourth-order valence-corrected chi connectivity index (χ4v) is 2.62. The Labute approximate surface area is 129 Å². The minimum atomic E-state index is 0.764. The van der Waals surface area contributed by atoms with E-state index in [2.05, 4.69) is 41.1 Å². The molecule has 1 saturated heterocycles. The standard InChI is InChI=1S/C18H28N2O/c1-2-3-14-21-15-11-19-16-17-7-9-18(10-8-17)20-12-5-4-6-13-20/h2,7-10,19H,1,3-6,11-16H2. The second-order valence-corrected chi connectivity index (χ2v) is 5.58.